The van der Waals surface area contributed by atoms with Crippen molar-refractivity contribution in [1.29, 1.82) is 0 Å². The summed E-state index contributed by atoms with van der Waals surface area (Å²) in [6.07, 6.45) is -2.40. The second kappa shape index (κ2) is 6.57. The van der Waals surface area contributed by atoms with Crippen LogP contribution in [0.25, 0.3) is 0 Å². The van der Waals surface area contributed by atoms with Gasteiger partial charge in [-0.3, -0.25) is 0 Å². The molecule has 0 radical (unpaired) electrons. The lowest BCUT2D eigenvalue weighted by Crippen LogP contribution is -2.20. The Morgan fingerprint density at radius 1 is 1.37 bits per heavy atom. The van der Waals surface area contributed by atoms with E-state index in [4.69, 9.17) is 0 Å². The van der Waals surface area contributed by atoms with E-state index in [-0.39, 0.29) is 6.04 Å². The average molecular weight is 336 g/mol. The lowest BCUT2D eigenvalue weighted by molar-refractivity contribution is -0.137. The first kappa shape index (κ1) is 16.2. The highest BCUT2D eigenvalue weighted by molar-refractivity contribution is 9.10. The van der Waals surface area contributed by atoms with Crippen molar-refractivity contribution in [3.8, 4) is 0 Å². The quantitative estimate of drug-likeness (QED) is 0.756. The van der Waals surface area contributed by atoms with E-state index in [0.29, 0.717) is 16.6 Å². The highest BCUT2D eigenvalue weighted by atomic mass is 79.9. The minimum Gasteiger partial charge on any atom is -0.307 e. The van der Waals surface area contributed by atoms with Crippen LogP contribution in [0, 0.1) is 0 Å². The molecule has 0 aromatic heterocycles. The lowest BCUT2D eigenvalue weighted by atomic mass is 10.0. The number of halogens is 4. The van der Waals surface area contributed by atoms with E-state index in [2.05, 4.69) is 21.2 Å². The maximum Gasteiger partial charge on any atom is 0.416 e. The Bertz CT molecular complexity index is 462. The van der Waals surface area contributed by atoms with Gasteiger partial charge in [0, 0.05) is 4.47 Å². The van der Waals surface area contributed by atoms with Gasteiger partial charge in [-0.1, -0.05) is 34.5 Å². The van der Waals surface area contributed by atoms with Crippen LogP contribution in [0.5, 0.6) is 0 Å². The molecule has 1 nitrogen and oxygen atoms in total. The third-order valence-corrected chi connectivity index (χ3v) is 3.30. The summed E-state index contributed by atoms with van der Waals surface area (Å²) in [6, 6.07) is 3.49. The van der Waals surface area contributed by atoms with E-state index in [0.717, 1.165) is 11.6 Å². The van der Waals surface area contributed by atoms with Gasteiger partial charge < -0.3 is 5.32 Å². The van der Waals surface area contributed by atoms with Gasteiger partial charge in [-0.2, -0.15) is 13.2 Å². The number of allylic oxidation sites excluding steroid dienone is 1. The fraction of sp³-hybridized carbons (Fsp3) is 0.429. The average Bonchev–Trinajstić information content (AvgIpc) is 2.27. The Morgan fingerprint density at radius 3 is 2.47 bits per heavy atom. The summed E-state index contributed by atoms with van der Waals surface area (Å²) >= 11 is 3.32. The monoisotopic (exact) mass is 335 g/mol. The predicted octanol–water partition coefficient (Wildman–Crippen LogP) is 5.08. The van der Waals surface area contributed by atoms with Crippen molar-refractivity contribution in [2.75, 3.05) is 6.54 Å². The van der Waals surface area contributed by atoms with E-state index in [1.807, 2.05) is 26.8 Å². The maximum absolute atomic E-state index is 12.8. The molecule has 1 aromatic rings. The van der Waals surface area contributed by atoms with E-state index < -0.39 is 11.7 Å². The first-order chi connectivity index (χ1) is 8.75. The molecule has 0 amide bonds. The van der Waals surface area contributed by atoms with Crippen molar-refractivity contribution in [3.05, 3.63) is 45.4 Å². The molecule has 1 unspecified atom stereocenters. The molecule has 0 aliphatic heterocycles. The number of benzene rings is 1. The molecule has 1 N–H and O–H groups in total. The molecule has 1 aromatic carbocycles. The molecule has 0 bridgehead atoms. The van der Waals surface area contributed by atoms with Gasteiger partial charge in [-0.05, 0) is 44.2 Å². The molecule has 0 saturated carbocycles. The topological polar surface area (TPSA) is 12.0 Å². The van der Waals surface area contributed by atoms with Crippen molar-refractivity contribution in [3.63, 3.8) is 0 Å². The Kier molecular flexibility index (Phi) is 5.62. The molecule has 0 heterocycles. The lowest BCUT2D eigenvalue weighted by Gasteiger charge is -2.18. The predicted molar refractivity (Wildman–Crippen MR) is 75.0 cm³/mol. The highest BCUT2D eigenvalue weighted by Gasteiger charge is 2.31. The zero-order valence-electron chi connectivity index (χ0n) is 11.1. The zero-order valence-corrected chi connectivity index (χ0v) is 12.7. The molecule has 5 heteroatoms. The Labute approximate surface area is 120 Å². The molecule has 1 atom stereocenters. The number of likely N-dealkylation sites (N-methyl/N-ethyl adjacent to an activating group) is 1. The second-order valence-electron chi connectivity index (χ2n) is 4.51. The van der Waals surface area contributed by atoms with Crippen LogP contribution in [0.4, 0.5) is 13.2 Å². The summed E-state index contributed by atoms with van der Waals surface area (Å²) in [4.78, 5) is 0. The van der Waals surface area contributed by atoms with Crippen LogP contribution in [-0.2, 0) is 6.18 Å². The first-order valence-corrected chi connectivity index (χ1v) is 6.80. The Balaban J connectivity index is 3.25. The summed E-state index contributed by atoms with van der Waals surface area (Å²) in [5.74, 6) is 0. The standard InChI is InChI=1S/C14H17BrF3N/c1-4-19-13(7-9(2)3)11-8-10(14(16,17)18)5-6-12(11)15/h5-8,13,19H,4H2,1-3H3. The van der Waals surface area contributed by atoms with Gasteiger partial charge in [0.1, 0.15) is 0 Å². The molecule has 0 aliphatic carbocycles. The number of hydrogen-bond acceptors (Lipinski definition) is 1. The largest absolute Gasteiger partial charge is 0.416 e. The minimum atomic E-state index is -4.32. The van der Waals surface area contributed by atoms with Crippen LogP contribution in [0.2, 0.25) is 0 Å². The number of nitrogens with one attached hydrogen (secondary N) is 1. The molecule has 106 valence electrons. The number of alkyl halides is 3. The van der Waals surface area contributed by atoms with E-state index in [9.17, 15) is 13.2 Å². The summed E-state index contributed by atoms with van der Waals surface area (Å²) < 4.78 is 39.0. The maximum atomic E-state index is 12.8. The first-order valence-electron chi connectivity index (χ1n) is 6.00. The van der Waals surface area contributed by atoms with Gasteiger partial charge in [-0.15, -0.1) is 0 Å². The van der Waals surface area contributed by atoms with Crippen molar-refractivity contribution in [2.24, 2.45) is 0 Å². The summed E-state index contributed by atoms with van der Waals surface area (Å²) in [5.41, 5.74) is 1.02. The van der Waals surface area contributed by atoms with Gasteiger partial charge >= 0.3 is 6.18 Å². The molecule has 1 rings (SSSR count). The third-order valence-electron chi connectivity index (χ3n) is 2.58. The van der Waals surface area contributed by atoms with Crippen LogP contribution < -0.4 is 5.32 Å². The van der Waals surface area contributed by atoms with Gasteiger partial charge in [0.2, 0.25) is 0 Å². The second-order valence-corrected chi connectivity index (χ2v) is 5.37. The summed E-state index contributed by atoms with van der Waals surface area (Å²) in [6.45, 7) is 6.45. The molecule has 19 heavy (non-hydrogen) atoms. The van der Waals surface area contributed by atoms with Gasteiger partial charge in [0.05, 0.1) is 11.6 Å². The minimum absolute atomic E-state index is 0.230. The fourth-order valence-electron chi connectivity index (χ4n) is 1.77. The van der Waals surface area contributed by atoms with E-state index in [1.54, 1.807) is 0 Å². The van der Waals surface area contributed by atoms with Crippen molar-refractivity contribution in [2.45, 2.75) is 33.0 Å². The molecule has 0 saturated heterocycles. The fourth-order valence-corrected chi connectivity index (χ4v) is 2.26. The highest BCUT2D eigenvalue weighted by Crippen LogP contribution is 2.34. The Hall–Kier alpha value is -0.810. The van der Waals surface area contributed by atoms with Crippen molar-refractivity contribution < 1.29 is 13.2 Å². The summed E-state index contributed by atoms with van der Waals surface area (Å²) in [7, 11) is 0. The van der Waals surface area contributed by atoms with Gasteiger partial charge in [0.25, 0.3) is 0 Å². The smallest absolute Gasteiger partial charge is 0.307 e. The molecular weight excluding hydrogens is 319 g/mol. The van der Waals surface area contributed by atoms with Crippen LogP contribution in [0.15, 0.2) is 34.3 Å². The van der Waals surface area contributed by atoms with E-state index >= 15 is 0 Å². The van der Waals surface area contributed by atoms with Gasteiger partial charge in [0.15, 0.2) is 0 Å². The van der Waals surface area contributed by atoms with Crippen LogP contribution in [-0.4, -0.2) is 6.54 Å². The SMILES string of the molecule is CCNC(C=C(C)C)c1cc(C(F)(F)F)ccc1Br. The molecule has 0 fully saturated rings. The van der Waals surface area contributed by atoms with Crippen LogP contribution in [0.1, 0.15) is 37.9 Å². The number of hydrogen-bond donors (Lipinski definition) is 1. The normalized spacial score (nSPS) is 13.2. The molecule has 0 aliphatic rings. The zero-order chi connectivity index (χ0) is 14.6. The summed E-state index contributed by atoms with van der Waals surface area (Å²) in [5, 5.41) is 3.18. The van der Waals surface area contributed by atoms with Gasteiger partial charge in [-0.25, -0.2) is 0 Å². The van der Waals surface area contributed by atoms with Crippen molar-refractivity contribution in [1.82, 2.24) is 5.32 Å². The van der Waals surface area contributed by atoms with E-state index in [1.165, 1.54) is 12.1 Å². The molecular formula is C14H17BrF3N. The molecule has 0 spiro atoms. The van der Waals surface area contributed by atoms with Crippen LogP contribution >= 0.6 is 15.9 Å². The third kappa shape index (κ3) is 4.66. The number of rotatable bonds is 4. The van der Waals surface area contributed by atoms with Crippen molar-refractivity contribution >= 4 is 15.9 Å². The van der Waals surface area contributed by atoms with Crippen LogP contribution in [0.3, 0.4) is 0 Å². The Morgan fingerprint density at radius 2 is 2.00 bits per heavy atom.